The Bertz CT molecular complexity index is 344. The SMILES string of the molecule is CCC(CC)C(N)C1CCc2cccnc21. The lowest BCUT2D eigenvalue weighted by Crippen LogP contribution is -2.35. The van der Waals surface area contributed by atoms with E-state index in [9.17, 15) is 0 Å². The van der Waals surface area contributed by atoms with Gasteiger partial charge in [0.1, 0.15) is 0 Å². The summed E-state index contributed by atoms with van der Waals surface area (Å²) in [6.07, 6.45) is 6.59. The fraction of sp³-hybridized carbons (Fsp3) is 0.643. The molecular formula is C14H22N2. The fourth-order valence-electron chi connectivity index (χ4n) is 2.98. The lowest BCUT2D eigenvalue weighted by Gasteiger charge is -2.27. The van der Waals surface area contributed by atoms with E-state index < -0.39 is 0 Å². The zero-order valence-electron chi connectivity index (χ0n) is 10.3. The Labute approximate surface area is 98.3 Å². The molecule has 0 amide bonds. The molecule has 0 spiro atoms. The fourth-order valence-corrected chi connectivity index (χ4v) is 2.98. The monoisotopic (exact) mass is 218 g/mol. The highest BCUT2D eigenvalue weighted by Crippen LogP contribution is 2.36. The average Bonchev–Trinajstić information content (AvgIpc) is 2.74. The van der Waals surface area contributed by atoms with Gasteiger partial charge in [0.15, 0.2) is 0 Å². The Morgan fingerprint density at radius 1 is 1.44 bits per heavy atom. The summed E-state index contributed by atoms with van der Waals surface area (Å²) in [6.45, 7) is 4.48. The van der Waals surface area contributed by atoms with Crippen LogP contribution in [0, 0.1) is 5.92 Å². The molecule has 88 valence electrons. The number of hydrogen-bond acceptors (Lipinski definition) is 2. The Morgan fingerprint density at radius 2 is 2.19 bits per heavy atom. The van der Waals surface area contributed by atoms with Crippen molar-refractivity contribution < 1.29 is 0 Å². The minimum absolute atomic E-state index is 0.283. The van der Waals surface area contributed by atoms with Gasteiger partial charge in [-0.3, -0.25) is 4.98 Å². The van der Waals surface area contributed by atoms with Gasteiger partial charge in [0.05, 0.1) is 0 Å². The zero-order chi connectivity index (χ0) is 11.5. The minimum atomic E-state index is 0.283. The molecule has 1 aliphatic rings. The highest BCUT2D eigenvalue weighted by atomic mass is 14.8. The van der Waals surface area contributed by atoms with Gasteiger partial charge in [0, 0.05) is 23.9 Å². The molecule has 0 aromatic carbocycles. The van der Waals surface area contributed by atoms with E-state index in [1.807, 2.05) is 12.3 Å². The quantitative estimate of drug-likeness (QED) is 0.844. The summed E-state index contributed by atoms with van der Waals surface area (Å²) in [5, 5.41) is 0. The van der Waals surface area contributed by atoms with Crippen molar-refractivity contribution in [1.82, 2.24) is 4.98 Å². The number of aromatic nitrogens is 1. The average molecular weight is 218 g/mol. The van der Waals surface area contributed by atoms with Crippen LogP contribution < -0.4 is 5.73 Å². The Hall–Kier alpha value is -0.890. The summed E-state index contributed by atoms with van der Waals surface area (Å²) >= 11 is 0. The minimum Gasteiger partial charge on any atom is -0.327 e. The molecule has 0 fully saturated rings. The topological polar surface area (TPSA) is 38.9 Å². The molecule has 0 saturated carbocycles. The molecule has 2 atom stereocenters. The van der Waals surface area contributed by atoms with Gasteiger partial charge in [-0.25, -0.2) is 0 Å². The molecule has 0 aliphatic heterocycles. The summed E-state index contributed by atoms with van der Waals surface area (Å²) in [4.78, 5) is 4.53. The first-order valence-corrected chi connectivity index (χ1v) is 6.47. The lowest BCUT2D eigenvalue weighted by molar-refractivity contribution is 0.342. The molecule has 2 rings (SSSR count). The first-order valence-electron chi connectivity index (χ1n) is 6.47. The van der Waals surface area contributed by atoms with Crippen LogP contribution in [0.25, 0.3) is 0 Å². The van der Waals surface area contributed by atoms with Crippen LogP contribution in [-0.2, 0) is 6.42 Å². The standard InChI is InChI=1S/C14H22N2/c1-3-10(4-2)13(15)12-8-7-11-6-5-9-16-14(11)12/h5-6,9-10,12-13H,3-4,7-8,15H2,1-2H3. The number of nitrogens with two attached hydrogens (primary N) is 1. The normalized spacial score (nSPS) is 21.1. The van der Waals surface area contributed by atoms with Crippen LogP contribution in [0.3, 0.4) is 0 Å². The summed E-state index contributed by atoms with van der Waals surface area (Å²) in [7, 11) is 0. The third kappa shape index (κ3) is 1.99. The van der Waals surface area contributed by atoms with Gasteiger partial charge in [-0.2, -0.15) is 0 Å². The first-order chi connectivity index (χ1) is 7.77. The molecular weight excluding hydrogens is 196 g/mol. The van der Waals surface area contributed by atoms with E-state index in [-0.39, 0.29) is 6.04 Å². The van der Waals surface area contributed by atoms with E-state index in [1.165, 1.54) is 30.5 Å². The molecule has 1 aliphatic carbocycles. The van der Waals surface area contributed by atoms with E-state index in [0.717, 1.165) is 6.42 Å². The van der Waals surface area contributed by atoms with Crippen molar-refractivity contribution in [2.45, 2.75) is 51.5 Å². The van der Waals surface area contributed by atoms with Crippen LogP contribution in [0.1, 0.15) is 50.3 Å². The van der Waals surface area contributed by atoms with E-state index >= 15 is 0 Å². The summed E-state index contributed by atoms with van der Waals surface area (Å²) in [6, 6.07) is 4.51. The summed E-state index contributed by atoms with van der Waals surface area (Å²) < 4.78 is 0. The molecule has 2 nitrogen and oxygen atoms in total. The third-order valence-corrected chi connectivity index (χ3v) is 4.06. The summed E-state index contributed by atoms with van der Waals surface area (Å²) in [5.74, 6) is 1.12. The predicted octanol–water partition coefficient (Wildman–Crippen LogP) is 2.87. The van der Waals surface area contributed by atoms with Gasteiger partial charge < -0.3 is 5.73 Å². The van der Waals surface area contributed by atoms with Crippen molar-refractivity contribution in [3.8, 4) is 0 Å². The molecule has 1 heterocycles. The van der Waals surface area contributed by atoms with Crippen LogP contribution in [-0.4, -0.2) is 11.0 Å². The van der Waals surface area contributed by atoms with Gasteiger partial charge >= 0.3 is 0 Å². The Morgan fingerprint density at radius 3 is 2.88 bits per heavy atom. The molecule has 0 radical (unpaired) electrons. The maximum atomic E-state index is 6.42. The highest BCUT2D eigenvalue weighted by molar-refractivity contribution is 5.30. The van der Waals surface area contributed by atoms with Gasteiger partial charge in [-0.05, 0) is 30.4 Å². The largest absolute Gasteiger partial charge is 0.327 e. The predicted molar refractivity (Wildman–Crippen MR) is 67.3 cm³/mol. The Balaban J connectivity index is 2.18. The number of hydrogen-bond donors (Lipinski definition) is 1. The van der Waals surface area contributed by atoms with Crippen LogP contribution in [0.15, 0.2) is 18.3 Å². The second kappa shape index (κ2) is 4.96. The molecule has 2 unspecified atom stereocenters. The van der Waals surface area contributed by atoms with Gasteiger partial charge in [-0.15, -0.1) is 0 Å². The van der Waals surface area contributed by atoms with E-state index in [2.05, 4.69) is 24.9 Å². The van der Waals surface area contributed by atoms with Crippen LogP contribution in [0.5, 0.6) is 0 Å². The first kappa shape index (κ1) is 11.6. The number of pyridine rings is 1. The van der Waals surface area contributed by atoms with E-state index in [1.54, 1.807) is 0 Å². The van der Waals surface area contributed by atoms with Gasteiger partial charge in [0.25, 0.3) is 0 Å². The number of rotatable bonds is 4. The molecule has 0 bridgehead atoms. The highest BCUT2D eigenvalue weighted by Gasteiger charge is 2.31. The van der Waals surface area contributed by atoms with Crippen molar-refractivity contribution in [2.24, 2.45) is 11.7 Å². The number of fused-ring (bicyclic) bond motifs is 1. The molecule has 0 saturated heterocycles. The second-order valence-electron chi connectivity index (χ2n) is 4.85. The Kier molecular flexibility index (Phi) is 3.59. The summed E-state index contributed by atoms with van der Waals surface area (Å²) in [5.41, 5.74) is 9.10. The van der Waals surface area contributed by atoms with Crippen molar-refractivity contribution in [3.05, 3.63) is 29.6 Å². The smallest absolute Gasteiger partial charge is 0.0482 e. The molecule has 2 heteroatoms. The van der Waals surface area contributed by atoms with Gasteiger partial charge in [0.2, 0.25) is 0 Å². The van der Waals surface area contributed by atoms with Crippen molar-refractivity contribution in [2.75, 3.05) is 0 Å². The van der Waals surface area contributed by atoms with Gasteiger partial charge in [-0.1, -0.05) is 32.8 Å². The molecule has 1 aromatic rings. The maximum Gasteiger partial charge on any atom is 0.0482 e. The number of nitrogens with zero attached hydrogens (tertiary/aromatic N) is 1. The van der Waals surface area contributed by atoms with Crippen LogP contribution in [0.4, 0.5) is 0 Å². The third-order valence-electron chi connectivity index (χ3n) is 4.06. The van der Waals surface area contributed by atoms with Crippen molar-refractivity contribution in [1.29, 1.82) is 0 Å². The van der Waals surface area contributed by atoms with E-state index in [0.29, 0.717) is 11.8 Å². The van der Waals surface area contributed by atoms with E-state index in [4.69, 9.17) is 5.73 Å². The molecule has 2 N–H and O–H groups in total. The molecule has 1 aromatic heterocycles. The van der Waals surface area contributed by atoms with Crippen LogP contribution >= 0.6 is 0 Å². The maximum absolute atomic E-state index is 6.42. The second-order valence-corrected chi connectivity index (χ2v) is 4.85. The molecule has 16 heavy (non-hydrogen) atoms. The number of aryl methyl sites for hydroxylation is 1. The van der Waals surface area contributed by atoms with Crippen molar-refractivity contribution >= 4 is 0 Å². The lowest BCUT2D eigenvalue weighted by atomic mass is 9.84. The van der Waals surface area contributed by atoms with Crippen molar-refractivity contribution in [3.63, 3.8) is 0 Å². The zero-order valence-corrected chi connectivity index (χ0v) is 10.3. The van der Waals surface area contributed by atoms with Crippen LogP contribution in [0.2, 0.25) is 0 Å².